The maximum atomic E-state index is 13.2. The van der Waals surface area contributed by atoms with Gasteiger partial charge in [0.05, 0.1) is 24.5 Å². The number of rotatable bonds is 6. The number of amides is 1. The number of thioether (sulfide) groups is 1. The van der Waals surface area contributed by atoms with Gasteiger partial charge in [0.25, 0.3) is 0 Å². The molecular formula is C20H21NO3S2. The van der Waals surface area contributed by atoms with E-state index in [0.717, 1.165) is 16.0 Å². The Labute approximate surface area is 161 Å². The molecule has 136 valence electrons. The first-order chi connectivity index (χ1) is 12.6. The van der Waals surface area contributed by atoms with Crippen molar-refractivity contribution >= 4 is 39.8 Å². The number of benzene rings is 1. The number of hydrogen-bond acceptors (Lipinski definition) is 5. The van der Waals surface area contributed by atoms with E-state index < -0.39 is 0 Å². The van der Waals surface area contributed by atoms with Gasteiger partial charge in [0.15, 0.2) is 5.78 Å². The minimum Gasteiger partial charge on any atom is -0.376 e. The molecule has 0 spiro atoms. The number of fused-ring (bicyclic) bond motifs is 1. The van der Waals surface area contributed by atoms with Crippen LogP contribution < -0.4 is 5.32 Å². The van der Waals surface area contributed by atoms with Gasteiger partial charge in [-0.1, -0.05) is 29.8 Å². The van der Waals surface area contributed by atoms with Crippen LogP contribution in [0.1, 0.15) is 44.8 Å². The normalized spacial score (nSPS) is 16.2. The third-order valence-corrected chi connectivity index (χ3v) is 7.08. The number of ether oxygens (including phenoxy) is 1. The summed E-state index contributed by atoms with van der Waals surface area (Å²) in [4.78, 5) is 26.6. The van der Waals surface area contributed by atoms with Gasteiger partial charge in [0.2, 0.25) is 5.91 Å². The zero-order valence-corrected chi connectivity index (χ0v) is 16.3. The van der Waals surface area contributed by atoms with Gasteiger partial charge < -0.3 is 10.1 Å². The summed E-state index contributed by atoms with van der Waals surface area (Å²) in [5, 5.41) is 4.31. The first-order valence-electron chi connectivity index (χ1n) is 8.87. The Balaban J connectivity index is 1.62. The molecule has 1 aromatic heterocycles. The number of hydrogen-bond donors (Lipinski definition) is 1. The van der Waals surface area contributed by atoms with Gasteiger partial charge in [-0.05, 0) is 31.7 Å². The summed E-state index contributed by atoms with van der Waals surface area (Å²) >= 11 is 3.18. The van der Waals surface area contributed by atoms with Gasteiger partial charge >= 0.3 is 0 Å². The highest BCUT2D eigenvalue weighted by atomic mass is 32.2. The lowest BCUT2D eigenvalue weighted by atomic mass is 9.97. The number of aryl methyl sites for hydroxylation is 1. The van der Waals surface area contributed by atoms with E-state index in [4.69, 9.17) is 4.74 Å². The van der Waals surface area contributed by atoms with Crippen LogP contribution in [0, 0.1) is 6.92 Å². The van der Waals surface area contributed by atoms with Crippen LogP contribution in [-0.2, 0) is 22.6 Å². The number of anilines is 1. The standard InChI is InChI=1S/C20H21NO3S2/c1-12-2-4-13(5-3-12)19(23)18-15-8-9-24-10-16(15)26-20(18)21-17(22)11-25-14-6-7-14/h2-5,14H,6-11H2,1H3,(H,21,22). The van der Waals surface area contributed by atoms with Crippen LogP contribution in [0.15, 0.2) is 24.3 Å². The van der Waals surface area contributed by atoms with Crippen molar-refractivity contribution in [3.8, 4) is 0 Å². The molecule has 1 aromatic carbocycles. The molecule has 4 rings (SSSR count). The van der Waals surface area contributed by atoms with Crippen LogP contribution in [0.3, 0.4) is 0 Å². The van der Waals surface area contributed by atoms with E-state index in [0.29, 0.717) is 46.8 Å². The molecule has 0 bridgehead atoms. The number of nitrogens with one attached hydrogen (secondary N) is 1. The second kappa shape index (κ2) is 7.55. The summed E-state index contributed by atoms with van der Waals surface area (Å²) in [6.07, 6.45) is 3.13. The highest BCUT2D eigenvalue weighted by Gasteiger charge is 2.28. The van der Waals surface area contributed by atoms with Crippen molar-refractivity contribution in [2.75, 3.05) is 17.7 Å². The second-order valence-corrected chi connectivity index (χ2v) is 9.16. The van der Waals surface area contributed by atoms with Gasteiger partial charge in [-0.3, -0.25) is 9.59 Å². The fourth-order valence-corrected chi connectivity index (χ4v) is 5.13. The van der Waals surface area contributed by atoms with Crippen LogP contribution in [0.4, 0.5) is 5.00 Å². The van der Waals surface area contributed by atoms with Gasteiger partial charge in [-0.2, -0.15) is 0 Å². The van der Waals surface area contributed by atoms with Crippen LogP contribution in [0.25, 0.3) is 0 Å². The van der Waals surface area contributed by atoms with E-state index >= 15 is 0 Å². The van der Waals surface area contributed by atoms with Gasteiger partial charge in [-0.15, -0.1) is 23.1 Å². The van der Waals surface area contributed by atoms with Gasteiger partial charge in [-0.25, -0.2) is 0 Å². The number of ketones is 1. The van der Waals surface area contributed by atoms with Crippen LogP contribution in [0.5, 0.6) is 0 Å². The predicted molar refractivity (Wildman–Crippen MR) is 106 cm³/mol. The molecule has 1 fully saturated rings. The van der Waals surface area contributed by atoms with Crippen molar-refractivity contribution in [2.45, 2.75) is 38.0 Å². The van der Waals surface area contributed by atoms with Crippen molar-refractivity contribution in [3.05, 3.63) is 51.4 Å². The fraction of sp³-hybridized carbons (Fsp3) is 0.400. The van der Waals surface area contributed by atoms with Crippen molar-refractivity contribution in [1.29, 1.82) is 0 Å². The van der Waals surface area contributed by atoms with E-state index in [2.05, 4.69) is 5.32 Å². The summed E-state index contributed by atoms with van der Waals surface area (Å²) in [5.41, 5.74) is 3.47. The Morgan fingerprint density at radius 1 is 1.27 bits per heavy atom. The average molecular weight is 388 g/mol. The molecule has 0 saturated heterocycles. The summed E-state index contributed by atoms with van der Waals surface area (Å²) in [6, 6.07) is 7.60. The largest absolute Gasteiger partial charge is 0.376 e. The van der Waals surface area contributed by atoms with E-state index in [1.807, 2.05) is 31.2 Å². The topological polar surface area (TPSA) is 55.4 Å². The van der Waals surface area contributed by atoms with Crippen molar-refractivity contribution in [1.82, 2.24) is 0 Å². The Morgan fingerprint density at radius 3 is 2.77 bits per heavy atom. The maximum absolute atomic E-state index is 13.2. The molecule has 1 aliphatic carbocycles. The third-order valence-electron chi connectivity index (χ3n) is 4.59. The molecule has 0 atom stereocenters. The smallest absolute Gasteiger partial charge is 0.234 e. The minimum absolute atomic E-state index is 0.0189. The van der Waals surface area contributed by atoms with Crippen molar-refractivity contribution in [3.63, 3.8) is 0 Å². The number of carbonyl (C=O) groups is 2. The lowest BCUT2D eigenvalue weighted by Crippen LogP contribution is -2.17. The molecule has 2 aromatic rings. The molecule has 0 unspecified atom stereocenters. The summed E-state index contributed by atoms with van der Waals surface area (Å²) in [6.45, 7) is 3.13. The molecule has 4 nitrogen and oxygen atoms in total. The Bertz CT molecular complexity index is 837. The highest BCUT2D eigenvalue weighted by Crippen LogP contribution is 2.38. The summed E-state index contributed by atoms with van der Waals surface area (Å²) in [7, 11) is 0. The number of carbonyl (C=O) groups excluding carboxylic acids is 2. The van der Waals surface area contributed by atoms with E-state index in [-0.39, 0.29) is 11.7 Å². The first kappa shape index (κ1) is 17.8. The minimum atomic E-state index is -0.0284. The van der Waals surface area contributed by atoms with Gasteiger partial charge in [0, 0.05) is 15.7 Å². The van der Waals surface area contributed by atoms with E-state index in [9.17, 15) is 9.59 Å². The van der Waals surface area contributed by atoms with Crippen LogP contribution in [-0.4, -0.2) is 29.3 Å². The Morgan fingerprint density at radius 2 is 2.04 bits per heavy atom. The first-order valence-corrected chi connectivity index (χ1v) is 10.7. The summed E-state index contributed by atoms with van der Waals surface area (Å²) in [5.74, 6) is 0.399. The van der Waals surface area contributed by atoms with Crippen molar-refractivity contribution < 1.29 is 14.3 Å². The molecule has 26 heavy (non-hydrogen) atoms. The van der Waals surface area contributed by atoms with E-state index in [1.165, 1.54) is 24.2 Å². The monoisotopic (exact) mass is 387 g/mol. The molecule has 1 amide bonds. The SMILES string of the molecule is Cc1ccc(C(=O)c2c(NC(=O)CSC3CC3)sc3c2CCOC3)cc1. The van der Waals surface area contributed by atoms with Crippen molar-refractivity contribution in [2.24, 2.45) is 0 Å². The molecule has 2 aliphatic rings. The molecule has 0 radical (unpaired) electrons. The maximum Gasteiger partial charge on any atom is 0.234 e. The third kappa shape index (κ3) is 3.87. The molecule has 1 aliphatic heterocycles. The molecule has 6 heteroatoms. The quantitative estimate of drug-likeness (QED) is 0.755. The predicted octanol–water partition coefficient (Wildman–Crippen LogP) is 4.19. The highest BCUT2D eigenvalue weighted by molar-refractivity contribution is 8.00. The van der Waals surface area contributed by atoms with Crippen LogP contribution in [0.2, 0.25) is 0 Å². The van der Waals surface area contributed by atoms with E-state index in [1.54, 1.807) is 11.8 Å². The lowest BCUT2D eigenvalue weighted by Gasteiger charge is -2.13. The Kier molecular flexibility index (Phi) is 5.16. The zero-order valence-electron chi connectivity index (χ0n) is 14.7. The molecule has 2 heterocycles. The molecule has 1 N–H and O–H groups in total. The molecular weight excluding hydrogens is 366 g/mol. The Hall–Kier alpha value is -1.63. The lowest BCUT2D eigenvalue weighted by molar-refractivity contribution is -0.113. The molecule has 1 saturated carbocycles. The second-order valence-electron chi connectivity index (χ2n) is 6.76. The van der Waals surface area contributed by atoms with Gasteiger partial charge in [0.1, 0.15) is 5.00 Å². The fourth-order valence-electron chi connectivity index (χ4n) is 3.00. The summed E-state index contributed by atoms with van der Waals surface area (Å²) < 4.78 is 5.54. The zero-order chi connectivity index (χ0) is 18.1. The van der Waals surface area contributed by atoms with Crippen LogP contribution >= 0.6 is 23.1 Å². The average Bonchev–Trinajstić information content (AvgIpc) is 3.40. The number of thiophene rings is 1.